The standard InChI is InChI=1S/C37H43F3N2O5/c1-3-4-5-18-42(31(44)14-11-24-7-6-8-27(20-24)37(38,39)40)28-15-16-36(45)30-21-26-12-13-29(46-23(2)43)33-32(26)35(36,34(28)47-33)17-19-41(30)22-25-9-10-25/h6-8,11-14,20,25,28,30,34,45H,3-5,9-10,15-19,21-22H2,1-2H3/b14-11+/t28?,30-,34?,35+,36-/m1/s1. The molecule has 7 nitrogen and oxygen atoms in total. The first-order valence-electron chi connectivity index (χ1n) is 17.1. The van der Waals surface area contributed by atoms with Crippen molar-refractivity contribution in [2.75, 3.05) is 19.6 Å². The molecule has 252 valence electrons. The predicted molar refractivity (Wildman–Crippen MR) is 170 cm³/mol. The zero-order valence-electron chi connectivity index (χ0n) is 27.0. The summed E-state index contributed by atoms with van der Waals surface area (Å²) in [7, 11) is 0. The van der Waals surface area contributed by atoms with Crippen LogP contribution in [0, 0.1) is 5.92 Å². The molecule has 2 aliphatic heterocycles. The van der Waals surface area contributed by atoms with E-state index >= 15 is 0 Å². The Balaban J connectivity index is 1.27. The van der Waals surface area contributed by atoms with Gasteiger partial charge in [0, 0.05) is 37.7 Å². The SMILES string of the molecule is CCCCCN(C(=O)/C=C/c1cccc(C(F)(F)F)c1)C1CC[C@@]2(O)[C@H]3Cc4ccc(OC(C)=O)c5c4[C@@]2(CCN3CC2CC2)C1O5. The van der Waals surface area contributed by atoms with Crippen LogP contribution >= 0.6 is 0 Å². The van der Waals surface area contributed by atoms with Crippen LogP contribution in [0.15, 0.2) is 42.5 Å². The second-order valence-corrected chi connectivity index (χ2v) is 14.2. The van der Waals surface area contributed by atoms with E-state index in [1.807, 2.05) is 11.0 Å². The topological polar surface area (TPSA) is 79.3 Å². The first kappa shape index (κ1) is 32.2. The minimum Gasteiger partial charge on any atom is -0.483 e. The van der Waals surface area contributed by atoms with Gasteiger partial charge in [-0.05, 0) is 92.8 Å². The van der Waals surface area contributed by atoms with Gasteiger partial charge in [-0.2, -0.15) is 13.2 Å². The number of hydrogen-bond donors (Lipinski definition) is 1. The first-order valence-corrected chi connectivity index (χ1v) is 17.1. The van der Waals surface area contributed by atoms with Gasteiger partial charge < -0.3 is 19.5 Å². The minimum absolute atomic E-state index is 0.0908. The third kappa shape index (κ3) is 5.45. The van der Waals surface area contributed by atoms with E-state index in [1.54, 1.807) is 12.1 Å². The van der Waals surface area contributed by atoms with Crippen molar-refractivity contribution >= 4 is 18.0 Å². The number of amides is 1. The number of aliphatic hydroxyl groups is 1. The molecule has 2 bridgehead atoms. The van der Waals surface area contributed by atoms with Crippen molar-refractivity contribution in [3.63, 3.8) is 0 Å². The molecule has 2 aromatic carbocycles. The highest BCUT2D eigenvalue weighted by molar-refractivity contribution is 5.92. The molecule has 3 fully saturated rings. The number of esters is 1. The van der Waals surface area contributed by atoms with Crippen LogP contribution in [-0.2, 0) is 27.6 Å². The number of halogens is 3. The summed E-state index contributed by atoms with van der Waals surface area (Å²) in [5.41, 5.74) is -0.377. The van der Waals surface area contributed by atoms with E-state index in [4.69, 9.17) is 9.47 Å². The Kier molecular flexibility index (Phi) is 8.18. The summed E-state index contributed by atoms with van der Waals surface area (Å²) in [5, 5.41) is 12.9. The second-order valence-electron chi connectivity index (χ2n) is 14.2. The van der Waals surface area contributed by atoms with Crippen LogP contribution in [0.2, 0.25) is 0 Å². The van der Waals surface area contributed by atoms with Gasteiger partial charge in [-0.1, -0.05) is 38.0 Å². The normalized spacial score (nSPS) is 29.4. The quantitative estimate of drug-likeness (QED) is 0.141. The molecule has 10 heteroatoms. The average Bonchev–Trinajstić information content (AvgIpc) is 3.77. The van der Waals surface area contributed by atoms with Crippen LogP contribution in [0.25, 0.3) is 6.08 Å². The smallest absolute Gasteiger partial charge is 0.416 e. The third-order valence-corrected chi connectivity index (χ3v) is 11.3. The van der Waals surface area contributed by atoms with Gasteiger partial charge in [-0.25, -0.2) is 0 Å². The third-order valence-electron chi connectivity index (χ3n) is 11.3. The highest BCUT2D eigenvalue weighted by atomic mass is 19.4. The van der Waals surface area contributed by atoms with Crippen LogP contribution in [0.5, 0.6) is 11.5 Å². The summed E-state index contributed by atoms with van der Waals surface area (Å²) >= 11 is 0. The second kappa shape index (κ2) is 11.9. The Morgan fingerprint density at radius 1 is 1.15 bits per heavy atom. The molecule has 1 amide bonds. The summed E-state index contributed by atoms with van der Waals surface area (Å²) in [6.07, 6.45) is 5.11. The number of hydrogen-bond acceptors (Lipinski definition) is 6. The van der Waals surface area contributed by atoms with Crippen molar-refractivity contribution in [2.45, 2.75) is 107 Å². The molecule has 0 radical (unpaired) electrons. The van der Waals surface area contributed by atoms with Gasteiger partial charge >= 0.3 is 12.1 Å². The molecule has 2 heterocycles. The summed E-state index contributed by atoms with van der Waals surface area (Å²) in [5.74, 6) is 0.714. The fourth-order valence-electron chi connectivity index (χ4n) is 9.05. The molecule has 3 aliphatic carbocycles. The lowest BCUT2D eigenvalue weighted by molar-refractivity contribution is -0.201. The van der Waals surface area contributed by atoms with Gasteiger partial charge in [-0.3, -0.25) is 14.5 Å². The number of ether oxygens (including phenoxy) is 2. The molecule has 2 unspecified atom stereocenters. The van der Waals surface area contributed by atoms with E-state index in [1.165, 1.54) is 38.0 Å². The molecule has 5 atom stereocenters. The van der Waals surface area contributed by atoms with Crippen LogP contribution in [0.3, 0.4) is 0 Å². The van der Waals surface area contributed by atoms with Gasteiger partial charge in [0.2, 0.25) is 5.91 Å². The van der Waals surface area contributed by atoms with Crippen LogP contribution in [0.4, 0.5) is 13.2 Å². The number of unbranched alkanes of at least 4 members (excludes halogenated alkanes) is 2. The van der Waals surface area contributed by atoms with Gasteiger partial charge in [0.15, 0.2) is 11.5 Å². The van der Waals surface area contributed by atoms with E-state index in [9.17, 15) is 27.9 Å². The molecule has 2 saturated carbocycles. The zero-order valence-corrected chi connectivity index (χ0v) is 27.0. The number of carbonyl (C=O) groups is 2. The minimum atomic E-state index is -4.48. The number of alkyl halides is 3. The van der Waals surface area contributed by atoms with Crippen molar-refractivity contribution in [1.29, 1.82) is 0 Å². The predicted octanol–water partition coefficient (Wildman–Crippen LogP) is 6.30. The van der Waals surface area contributed by atoms with Gasteiger partial charge in [-0.15, -0.1) is 0 Å². The van der Waals surface area contributed by atoms with Crippen LogP contribution in [-0.4, -0.2) is 70.2 Å². The number of carbonyl (C=O) groups excluding carboxylic acids is 2. The summed E-state index contributed by atoms with van der Waals surface area (Å²) in [6, 6.07) is 8.24. The molecule has 1 spiro atoms. The monoisotopic (exact) mass is 652 g/mol. The van der Waals surface area contributed by atoms with Crippen LogP contribution < -0.4 is 9.47 Å². The Hall–Kier alpha value is -3.37. The van der Waals surface area contributed by atoms with E-state index in [0.717, 1.165) is 55.6 Å². The number of benzene rings is 2. The molecular formula is C37H43F3N2O5. The van der Waals surface area contributed by atoms with E-state index in [0.29, 0.717) is 49.6 Å². The van der Waals surface area contributed by atoms with Crippen molar-refractivity contribution in [3.05, 3.63) is 64.7 Å². The van der Waals surface area contributed by atoms with Gasteiger partial charge in [0.1, 0.15) is 6.10 Å². The number of rotatable bonds is 10. The molecule has 47 heavy (non-hydrogen) atoms. The fraction of sp³-hybridized carbons (Fsp3) is 0.568. The van der Waals surface area contributed by atoms with E-state index < -0.39 is 40.9 Å². The molecule has 7 rings (SSSR count). The lowest BCUT2D eigenvalue weighted by atomic mass is 9.48. The lowest BCUT2D eigenvalue weighted by Crippen LogP contribution is -2.78. The number of piperidine rings is 1. The summed E-state index contributed by atoms with van der Waals surface area (Å²) in [4.78, 5) is 30.5. The largest absolute Gasteiger partial charge is 0.483 e. The van der Waals surface area contributed by atoms with E-state index in [2.05, 4.69) is 11.8 Å². The highest BCUT2D eigenvalue weighted by Crippen LogP contribution is 2.66. The maximum Gasteiger partial charge on any atom is 0.416 e. The fourth-order valence-corrected chi connectivity index (χ4v) is 9.05. The molecule has 1 N–H and O–H groups in total. The maximum absolute atomic E-state index is 14.1. The molecule has 0 aromatic heterocycles. The number of likely N-dealkylation sites (tertiary alicyclic amines) is 1. The zero-order chi connectivity index (χ0) is 33.1. The van der Waals surface area contributed by atoms with Crippen molar-refractivity contribution in [3.8, 4) is 11.5 Å². The van der Waals surface area contributed by atoms with E-state index in [-0.39, 0.29) is 17.5 Å². The van der Waals surface area contributed by atoms with Crippen molar-refractivity contribution < 1.29 is 37.3 Å². The first-order chi connectivity index (χ1) is 22.5. The lowest BCUT2D eigenvalue weighted by Gasteiger charge is -2.65. The van der Waals surface area contributed by atoms with Crippen LogP contribution in [0.1, 0.15) is 87.5 Å². The Labute approximate surface area is 273 Å². The molecule has 5 aliphatic rings. The molecule has 1 saturated heterocycles. The summed E-state index contributed by atoms with van der Waals surface area (Å²) < 4.78 is 52.6. The number of nitrogens with zero attached hydrogens (tertiary/aromatic N) is 2. The summed E-state index contributed by atoms with van der Waals surface area (Å²) in [6.45, 7) is 5.66. The maximum atomic E-state index is 14.1. The molecule has 2 aromatic rings. The molecular weight excluding hydrogens is 609 g/mol. The Bertz CT molecular complexity index is 1590. The highest BCUT2D eigenvalue weighted by Gasteiger charge is 2.73. The van der Waals surface area contributed by atoms with Gasteiger partial charge in [0.05, 0.1) is 22.6 Å². The van der Waals surface area contributed by atoms with Crippen molar-refractivity contribution in [2.24, 2.45) is 5.92 Å². The Morgan fingerprint density at radius 2 is 1.96 bits per heavy atom. The van der Waals surface area contributed by atoms with Crippen molar-refractivity contribution in [1.82, 2.24) is 9.80 Å². The average molecular weight is 653 g/mol. The Morgan fingerprint density at radius 3 is 2.68 bits per heavy atom. The van der Waals surface area contributed by atoms with Gasteiger partial charge in [0.25, 0.3) is 0 Å².